The predicted octanol–water partition coefficient (Wildman–Crippen LogP) is 2.00. The molecule has 102 valence electrons. The Morgan fingerprint density at radius 3 is 2.70 bits per heavy atom. The van der Waals surface area contributed by atoms with E-state index in [1.54, 1.807) is 24.0 Å². The Labute approximate surface area is 111 Å². The highest BCUT2D eigenvalue weighted by Crippen LogP contribution is 2.28. The fraction of sp³-hybridized carbons (Fsp3) is 0.0833. The summed E-state index contributed by atoms with van der Waals surface area (Å²) in [5.41, 5.74) is 5.77. The number of aromatic nitrogens is 4. The van der Waals surface area contributed by atoms with Crippen molar-refractivity contribution >= 4 is 5.69 Å². The molecule has 20 heavy (non-hydrogen) atoms. The van der Waals surface area contributed by atoms with Crippen LogP contribution in [0.2, 0.25) is 0 Å². The molecule has 0 amide bonds. The molecule has 0 aliphatic rings. The highest BCUT2D eigenvalue weighted by Gasteiger charge is 2.17. The highest BCUT2D eigenvalue weighted by molar-refractivity contribution is 5.71. The second-order valence-electron chi connectivity index (χ2n) is 4.14. The summed E-state index contributed by atoms with van der Waals surface area (Å²) in [6.07, 6.45) is 3.30. The molecule has 0 aliphatic heterocycles. The van der Waals surface area contributed by atoms with E-state index in [1.807, 2.05) is 0 Å². The lowest BCUT2D eigenvalue weighted by molar-refractivity contribution is 0.431. The molecule has 0 aliphatic carbocycles. The van der Waals surface area contributed by atoms with Crippen molar-refractivity contribution in [2.24, 2.45) is 7.05 Å². The van der Waals surface area contributed by atoms with Gasteiger partial charge in [-0.1, -0.05) is 5.16 Å². The molecular formula is C12H9F2N5O. The average Bonchev–Trinajstić information content (AvgIpc) is 3.02. The number of rotatable bonds is 2. The zero-order chi connectivity index (χ0) is 14.3. The second-order valence-corrected chi connectivity index (χ2v) is 4.14. The minimum atomic E-state index is -1.04. The van der Waals surface area contributed by atoms with Gasteiger partial charge in [0.1, 0.15) is 0 Å². The minimum Gasteiger partial charge on any atom is -0.398 e. The van der Waals surface area contributed by atoms with Gasteiger partial charge < -0.3 is 14.8 Å². The lowest BCUT2D eigenvalue weighted by Gasteiger charge is -2.01. The van der Waals surface area contributed by atoms with E-state index >= 15 is 0 Å². The molecule has 2 aromatic heterocycles. The molecule has 2 N–H and O–H groups in total. The Morgan fingerprint density at radius 1 is 1.25 bits per heavy atom. The first kappa shape index (κ1) is 12.3. The average molecular weight is 277 g/mol. The number of benzene rings is 1. The van der Waals surface area contributed by atoms with Crippen LogP contribution in [0, 0.1) is 11.6 Å². The number of aryl methyl sites for hydroxylation is 1. The lowest BCUT2D eigenvalue weighted by Crippen LogP contribution is -1.95. The number of imidazole rings is 1. The first-order valence-corrected chi connectivity index (χ1v) is 5.62. The van der Waals surface area contributed by atoms with Gasteiger partial charge in [-0.25, -0.2) is 13.8 Å². The first-order chi connectivity index (χ1) is 9.56. The summed E-state index contributed by atoms with van der Waals surface area (Å²) in [6, 6.07) is 1.79. The largest absolute Gasteiger partial charge is 0.398 e. The molecule has 0 atom stereocenters. The molecule has 0 saturated heterocycles. The molecule has 3 rings (SSSR count). The molecule has 8 heteroatoms. The number of nitrogens with zero attached hydrogens (tertiary/aromatic N) is 4. The molecule has 0 radical (unpaired) electrons. The van der Waals surface area contributed by atoms with Crippen molar-refractivity contribution in [3.05, 3.63) is 36.2 Å². The van der Waals surface area contributed by atoms with E-state index in [2.05, 4.69) is 15.1 Å². The molecule has 1 aromatic carbocycles. The second kappa shape index (κ2) is 4.41. The predicted molar refractivity (Wildman–Crippen MR) is 66.3 cm³/mol. The van der Waals surface area contributed by atoms with Crippen molar-refractivity contribution in [2.75, 3.05) is 5.73 Å². The van der Waals surface area contributed by atoms with Gasteiger partial charge in [0, 0.05) is 31.2 Å². The van der Waals surface area contributed by atoms with Gasteiger partial charge in [0.25, 0.3) is 5.89 Å². The van der Waals surface area contributed by atoms with E-state index in [4.69, 9.17) is 10.3 Å². The van der Waals surface area contributed by atoms with E-state index in [0.29, 0.717) is 5.82 Å². The third kappa shape index (κ3) is 1.91. The van der Waals surface area contributed by atoms with Crippen molar-refractivity contribution in [1.82, 2.24) is 19.7 Å². The highest BCUT2D eigenvalue weighted by atomic mass is 19.2. The molecule has 3 aromatic rings. The van der Waals surface area contributed by atoms with Crippen molar-refractivity contribution < 1.29 is 13.3 Å². The van der Waals surface area contributed by atoms with Crippen LogP contribution < -0.4 is 5.73 Å². The zero-order valence-corrected chi connectivity index (χ0v) is 10.3. The topological polar surface area (TPSA) is 82.8 Å². The SMILES string of the molecule is Cn1ccnc1-c1noc(-c2cc(F)c(F)cc2N)n1. The van der Waals surface area contributed by atoms with Gasteiger partial charge in [0.05, 0.1) is 5.56 Å². The maximum Gasteiger partial charge on any atom is 0.260 e. The zero-order valence-electron chi connectivity index (χ0n) is 10.3. The Kier molecular flexibility index (Phi) is 2.70. The molecule has 6 nitrogen and oxygen atoms in total. The number of hydrogen-bond donors (Lipinski definition) is 1. The van der Waals surface area contributed by atoms with Crippen LogP contribution in [0.15, 0.2) is 29.0 Å². The van der Waals surface area contributed by atoms with Gasteiger partial charge in [0.15, 0.2) is 17.5 Å². The quantitative estimate of drug-likeness (QED) is 0.724. The van der Waals surface area contributed by atoms with Crippen molar-refractivity contribution in [3.8, 4) is 23.1 Å². The molecule has 2 heterocycles. The third-order valence-electron chi connectivity index (χ3n) is 2.77. The first-order valence-electron chi connectivity index (χ1n) is 5.62. The van der Waals surface area contributed by atoms with Crippen LogP contribution >= 0.6 is 0 Å². The summed E-state index contributed by atoms with van der Waals surface area (Å²) < 4.78 is 33.0. The van der Waals surface area contributed by atoms with E-state index < -0.39 is 11.6 Å². The summed E-state index contributed by atoms with van der Waals surface area (Å²) in [5, 5.41) is 3.75. The summed E-state index contributed by atoms with van der Waals surface area (Å²) in [5.74, 6) is -1.35. The van der Waals surface area contributed by atoms with Gasteiger partial charge in [-0.3, -0.25) is 0 Å². The fourth-order valence-electron chi connectivity index (χ4n) is 1.75. The summed E-state index contributed by atoms with van der Waals surface area (Å²) in [7, 11) is 1.77. The lowest BCUT2D eigenvalue weighted by atomic mass is 10.1. The standard InChI is InChI=1S/C12H9F2N5O/c1-19-3-2-16-11(19)10-17-12(20-18-10)6-4-7(13)8(14)5-9(6)15/h2-5H,15H2,1H3. The third-order valence-corrected chi connectivity index (χ3v) is 2.77. The minimum absolute atomic E-state index is 0.000556. The van der Waals surface area contributed by atoms with Crippen LogP contribution in [0.5, 0.6) is 0 Å². The Hall–Kier alpha value is -2.77. The smallest absolute Gasteiger partial charge is 0.260 e. The normalized spacial score (nSPS) is 10.9. The van der Waals surface area contributed by atoms with Crippen molar-refractivity contribution in [1.29, 1.82) is 0 Å². The van der Waals surface area contributed by atoms with Gasteiger partial charge >= 0.3 is 0 Å². The van der Waals surface area contributed by atoms with Crippen molar-refractivity contribution in [3.63, 3.8) is 0 Å². The number of halogens is 2. The van der Waals surface area contributed by atoms with Crippen LogP contribution in [0.1, 0.15) is 0 Å². The summed E-state index contributed by atoms with van der Waals surface area (Å²) in [6.45, 7) is 0. The maximum atomic E-state index is 13.3. The molecule has 0 saturated carbocycles. The van der Waals surface area contributed by atoms with Crippen molar-refractivity contribution in [2.45, 2.75) is 0 Å². The fourth-order valence-corrected chi connectivity index (χ4v) is 1.75. The number of nitrogens with two attached hydrogens (primary N) is 1. The molecule has 0 unspecified atom stereocenters. The van der Waals surface area contributed by atoms with E-state index in [1.165, 1.54) is 0 Å². The van der Waals surface area contributed by atoms with E-state index in [9.17, 15) is 8.78 Å². The monoisotopic (exact) mass is 277 g/mol. The summed E-state index contributed by atoms with van der Waals surface area (Å²) >= 11 is 0. The maximum absolute atomic E-state index is 13.3. The molecule has 0 bridgehead atoms. The number of anilines is 1. The van der Waals surface area contributed by atoms with Crippen LogP contribution in [-0.4, -0.2) is 19.7 Å². The van der Waals surface area contributed by atoms with Gasteiger partial charge in [-0.2, -0.15) is 4.98 Å². The van der Waals surface area contributed by atoms with E-state index in [-0.39, 0.29) is 23.0 Å². The number of hydrogen-bond acceptors (Lipinski definition) is 5. The molecule has 0 fully saturated rings. The Balaban J connectivity index is 2.07. The molecule has 0 spiro atoms. The van der Waals surface area contributed by atoms with Gasteiger partial charge in [-0.15, -0.1) is 0 Å². The van der Waals surface area contributed by atoms with Gasteiger partial charge in [0.2, 0.25) is 5.82 Å². The van der Waals surface area contributed by atoms with Crippen LogP contribution in [0.25, 0.3) is 23.1 Å². The van der Waals surface area contributed by atoms with Crippen LogP contribution in [-0.2, 0) is 7.05 Å². The van der Waals surface area contributed by atoms with Crippen LogP contribution in [0.4, 0.5) is 14.5 Å². The van der Waals surface area contributed by atoms with Crippen LogP contribution in [0.3, 0.4) is 0 Å². The summed E-state index contributed by atoms with van der Waals surface area (Å²) in [4.78, 5) is 8.14. The Bertz CT molecular complexity index is 780. The van der Waals surface area contributed by atoms with Gasteiger partial charge in [-0.05, 0) is 6.07 Å². The number of nitrogen functional groups attached to an aromatic ring is 1. The van der Waals surface area contributed by atoms with E-state index in [0.717, 1.165) is 12.1 Å². The Morgan fingerprint density at radius 2 is 2.00 bits per heavy atom. The molecular weight excluding hydrogens is 268 g/mol.